The number of amides is 2. The van der Waals surface area contributed by atoms with Crippen LogP contribution in [0.25, 0.3) is 0 Å². The Morgan fingerprint density at radius 2 is 1.90 bits per heavy atom. The minimum absolute atomic E-state index is 0.0906. The maximum Gasteiger partial charge on any atom is 0.320 e. The molecule has 2 amide bonds. The van der Waals surface area contributed by atoms with Crippen molar-refractivity contribution >= 4 is 12.0 Å². The highest BCUT2D eigenvalue weighted by molar-refractivity contribution is 5.75. The number of carbonyl (C=O) groups is 2. The number of carbonyl (C=O) groups excluding carboxylic acids is 1. The van der Waals surface area contributed by atoms with Gasteiger partial charge in [0.25, 0.3) is 0 Å². The number of nitrogens with zero attached hydrogens (tertiary/aromatic N) is 3. The molecule has 0 saturated carbocycles. The summed E-state index contributed by atoms with van der Waals surface area (Å²) < 4.78 is 0. The molecule has 2 heterocycles. The fourth-order valence-electron chi connectivity index (χ4n) is 3.49. The predicted octanol–water partition coefficient (Wildman–Crippen LogP) is 1.32. The molecule has 2 aliphatic heterocycles. The summed E-state index contributed by atoms with van der Waals surface area (Å²) in [7, 11) is 2.09. The van der Waals surface area contributed by atoms with E-state index in [1.165, 1.54) is 0 Å². The Balaban J connectivity index is 1.96. The van der Waals surface area contributed by atoms with Gasteiger partial charge in [-0.2, -0.15) is 0 Å². The van der Waals surface area contributed by atoms with Crippen LogP contribution < -0.4 is 0 Å². The second-order valence-electron chi connectivity index (χ2n) is 6.49. The first-order chi connectivity index (χ1) is 9.97. The highest BCUT2D eigenvalue weighted by Gasteiger charge is 2.31. The molecular formula is C15H27N3O3. The van der Waals surface area contributed by atoms with Crippen LogP contribution in [-0.4, -0.2) is 77.6 Å². The van der Waals surface area contributed by atoms with E-state index >= 15 is 0 Å². The van der Waals surface area contributed by atoms with E-state index in [0.717, 1.165) is 45.4 Å². The van der Waals surface area contributed by atoms with E-state index in [1.807, 2.05) is 9.80 Å². The molecule has 0 bridgehead atoms. The van der Waals surface area contributed by atoms with Crippen LogP contribution in [0.2, 0.25) is 0 Å². The standard InChI is InChI=1S/C15H27N3O3/c1-12-10-16(2)6-4-8-18(12)15(21)17-7-3-5-13(11-17)9-14(19)20/h12-13H,3-11H2,1-2H3,(H,19,20). The first-order valence-electron chi connectivity index (χ1n) is 7.93. The SMILES string of the molecule is CC1CN(C)CCCN1C(=O)N1CCCC(CC(=O)O)C1. The van der Waals surface area contributed by atoms with Crippen LogP contribution in [0.3, 0.4) is 0 Å². The molecule has 0 aromatic carbocycles. The number of piperidine rings is 1. The van der Waals surface area contributed by atoms with Crippen molar-refractivity contribution in [2.24, 2.45) is 5.92 Å². The number of aliphatic carboxylic acids is 1. The summed E-state index contributed by atoms with van der Waals surface area (Å²) >= 11 is 0. The van der Waals surface area contributed by atoms with Crippen LogP contribution in [0.15, 0.2) is 0 Å². The average molecular weight is 297 g/mol. The Kier molecular flexibility index (Phi) is 5.45. The molecule has 21 heavy (non-hydrogen) atoms. The van der Waals surface area contributed by atoms with Gasteiger partial charge in [-0.15, -0.1) is 0 Å². The van der Waals surface area contributed by atoms with Gasteiger partial charge in [-0.3, -0.25) is 4.79 Å². The molecular weight excluding hydrogens is 270 g/mol. The summed E-state index contributed by atoms with van der Waals surface area (Å²) in [5, 5.41) is 8.93. The zero-order chi connectivity index (χ0) is 15.4. The second-order valence-corrected chi connectivity index (χ2v) is 6.49. The lowest BCUT2D eigenvalue weighted by atomic mass is 9.95. The number of hydrogen-bond donors (Lipinski definition) is 1. The van der Waals surface area contributed by atoms with E-state index in [9.17, 15) is 9.59 Å². The lowest BCUT2D eigenvalue weighted by Crippen LogP contribution is -2.51. The van der Waals surface area contributed by atoms with Gasteiger partial charge >= 0.3 is 12.0 Å². The molecule has 120 valence electrons. The molecule has 2 saturated heterocycles. The minimum atomic E-state index is -0.765. The molecule has 0 aromatic heterocycles. The lowest BCUT2D eigenvalue weighted by molar-refractivity contribution is -0.138. The third kappa shape index (κ3) is 4.33. The summed E-state index contributed by atoms with van der Waals surface area (Å²) in [6, 6.07) is 0.303. The highest BCUT2D eigenvalue weighted by Crippen LogP contribution is 2.22. The Labute approximate surface area is 126 Å². The second kappa shape index (κ2) is 7.11. The first-order valence-corrected chi connectivity index (χ1v) is 7.93. The molecule has 6 heteroatoms. The zero-order valence-corrected chi connectivity index (χ0v) is 13.1. The predicted molar refractivity (Wildman–Crippen MR) is 80.2 cm³/mol. The van der Waals surface area contributed by atoms with Crippen molar-refractivity contribution in [1.82, 2.24) is 14.7 Å². The Hall–Kier alpha value is -1.30. The van der Waals surface area contributed by atoms with Gasteiger partial charge < -0.3 is 19.8 Å². The van der Waals surface area contributed by atoms with Crippen LogP contribution in [0.1, 0.15) is 32.6 Å². The molecule has 0 aromatic rings. The van der Waals surface area contributed by atoms with Gasteiger partial charge in [0.2, 0.25) is 0 Å². The van der Waals surface area contributed by atoms with Gasteiger partial charge in [-0.25, -0.2) is 4.79 Å². The van der Waals surface area contributed by atoms with Gasteiger partial charge in [0, 0.05) is 38.6 Å². The molecule has 2 fully saturated rings. The van der Waals surface area contributed by atoms with E-state index in [-0.39, 0.29) is 24.4 Å². The van der Waals surface area contributed by atoms with E-state index in [1.54, 1.807) is 0 Å². The largest absolute Gasteiger partial charge is 0.481 e. The van der Waals surface area contributed by atoms with E-state index in [0.29, 0.717) is 6.54 Å². The van der Waals surface area contributed by atoms with Crippen molar-refractivity contribution in [3.8, 4) is 0 Å². The normalized spacial score (nSPS) is 28.3. The lowest BCUT2D eigenvalue weighted by Gasteiger charge is -2.38. The van der Waals surface area contributed by atoms with E-state index in [2.05, 4.69) is 18.9 Å². The van der Waals surface area contributed by atoms with Crippen LogP contribution in [0.5, 0.6) is 0 Å². The van der Waals surface area contributed by atoms with Crippen molar-refractivity contribution in [2.45, 2.75) is 38.6 Å². The summed E-state index contributed by atoms with van der Waals surface area (Å²) in [4.78, 5) is 29.7. The third-order valence-electron chi connectivity index (χ3n) is 4.55. The van der Waals surface area contributed by atoms with Gasteiger partial charge in [-0.1, -0.05) is 0 Å². The van der Waals surface area contributed by atoms with Gasteiger partial charge in [0.1, 0.15) is 0 Å². The van der Waals surface area contributed by atoms with Crippen LogP contribution in [-0.2, 0) is 4.79 Å². The number of likely N-dealkylation sites (tertiary alicyclic amines) is 1. The number of hydrogen-bond acceptors (Lipinski definition) is 3. The molecule has 2 rings (SSSR count). The molecule has 6 nitrogen and oxygen atoms in total. The Morgan fingerprint density at radius 3 is 2.62 bits per heavy atom. The number of likely N-dealkylation sites (N-methyl/N-ethyl adjacent to an activating group) is 1. The molecule has 0 radical (unpaired) electrons. The summed E-state index contributed by atoms with van der Waals surface area (Å²) in [5.74, 6) is -0.663. The van der Waals surface area contributed by atoms with Crippen LogP contribution >= 0.6 is 0 Å². The van der Waals surface area contributed by atoms with E-state index in [4.69, 9.17) is 5.11 Å². The molecule has 2 atom stereocenters. The average Bonchev–Trinajstić information content (AvgIpc) is 2.58. The van der Waals surface area contributed by atoms with Gasteiger partial charge in [0.15, 0.2) is 0 Å². The Bertz CT molecular complexity index is 388. The number of carboxylic acid groups (broad SMARTS) is 1. The smallest absolute Gasteiger partial charge is 0.320 e. The third-order valence-corrected chi connectivity index (χ3v) is 4.55. The molecule has 1 N–H and O–H groups in total. The fourth-order valence-corrected chi connectivity index (χ4v) is 3.49. The molecule has 0 aliphatic carbocycles. The summed E-state index contributed by atoms with van der Waals surface area (Å²) in [5.41, 5.74) is 0. The molecule has 2 unspecified atom stereocenters. The maximum atomic E-state index is 12.7. The summed E-state index contributed by atoms with van der Waals surface area (Å²) in [6.07, 6.45) is 2.99. The van der Waals surface area contributed by atoms with Crippen molar-refractivity contribution < 1.29 is 14.7 Å². The molecule has 0 spiro atoms. The quantitative estimate of drug-likeness (QED) is 0.835. The van der Waals surface area contributed by atoms with E-state index < -0.39 is 5.97 Å². The topological polar surface area (TPSA) is 64.1 Å². The monoisotopic (exact) mass is 297 g/mol. The van der Waals surface area contributed by atoms with Crippen molar-refractivity contribution in [1.29, 1.82) is 0 Å². The van der Waals surface area contributed by atoms with Crippen molar-refractivity contribution in [2.75, 3.05) is 39.8 Å². The first kappa shape index (κ1) is 16.1. The van der Waals surface area contributed by atoms with Crippen LogP contribution in [0, 0.1) is 5.92 Å². The van der Waals surface area contributed by atoms with Crippen molar-refractivity contribution in [3.05, 3.63) is 0 Å². The maximum absolute atomic E-state index is 12.7. The zero-order valence-electron chi connectivity index (χ0n) is 13.1. The number of rotatable bonds is 2. The molecule has 2 aliphatic rings. The van der Waals surface area contributed by atoms with Gasteiger partial charge in [-0.05, 0) is 45.7 Å². The minimum Gasteiger partial charge on any atom is -0.481 e. The number of carboxylic acids is 1. The van der Waals surface area contributed by atoms with Crippen molar-refractivity contribution in [3.63, 3.8) is 0 Å². The van der Waals surface area contributed by atoms with Gasteiger partial charge in [0.05, 0.1) is 0 Å². The fraction of sp³-hybridized carbons (Fsp3) is 0.867. The Morgan fingerprint density at radius 1 is 1.14 bits per heavy atom. The van der Waals surface area contributed by atoms with Crippen LogP contribution in [0.4, 0.5) is 4.79 Å². The summed E-state index contributed by atoms with van der Waals surface area (Å²) in [6.45, 7) is 6.16. The highest BCUT2D eigenvalue weighted by atomic mass is 16.4. The number of urea groups is 1.